The first-order valence-corrected chi connectivity index (χ1v) is 7.83. The summed E-state index contributed by atoms with van der Waals surface area (Å²) < 4.78 is 25.2. The summed E-state index contributed by atoms with van der Waals surface area (Å²) >= 11 is 0. The third kappa shape index (κ3) is 2.64. The van der Waals surface area contributed by atoms with Crippen LogP contribution < -0.4 is 4.90 Å². The molecule has 1 aliphatic heterocycles. The summed E-state index contributed by atoms with van der Waals surface area (Å²) in [4.78, 5) is 13.4. The highest BCUT2D eigenvalue weighted by atomic mass is 32.2. The second kappa shape index (κ2) is 5.41. The Hall–Kier alpha value is -1.60. The topological polar surface area (TPSA) is 77.9 Å². The Morgan fingerprint density at radius 2 is 1.85 bits per heavy atom. The van der Waals surface area contributed by atoms with Crippen molar-refractivity contribution in [1.29, 1.82) is 0 Å². The Labute approximate surface area is 118 Å². The van der Waals surface area contributed by atoms with Crippen LogP contribution in [0.5, 0.6) is 0 Å². The van der Waals surface area contributed by atoms with Crippen molar-refractivity contribution in [2.24, 2.45) is 0 Å². The van der Waals surface area contributed by atoms with E-state index in [4.69, 9.17) is 0 Å². The molecule has 110 valence electrons. The minimum atomic E-state index is -3.62. The number of sulfonamides is 1. The zero-order chi connectivity index (χ0) is 14.9. The highest BCUT2D eigenvalue weighted by Gasteiger charge is 2.24. The third-order valence-electron chi connectivity index (χ3n) is 3.42. The van der Waals surface area contributed by atoms with Gasteiger partial charge >= 0.3 is 5.97 Å². The van der Waals surface area contributed by atoms with Crippen molar-refractivity contribution in [3.8, 4) is 0 Å². The van der Waals surface area contributed by atoms with Gasteiger partial charge in [0.05, 0.1) is 16.1 Å². The van der Waals surface area contributed by atoms with E-state index >= 15 is 0 Å². The second-order valence-corrected chi connectivity index (χ2v) is 7.12. The maximum atomic E-state index is 12.1. The molecule has 6 nitrogen and oxygen atoms in total. The predicted molar refractivity (Wildman–Crippen MR) is 75.7 cm³/mol. The first-order valence-electron chi connectivity index (χ1n) is 6.39. The van der Waals surface area contributed by atoms with Gasteiger partial charge in [0, 0.05) is 27.2 Å². The third-order valence-corrected chi connectivity index (χ3v) is 5.23. The van der Waals surface area contributed by atoms with Gasteiger partial charge in [0.15, 0.2) is 0 Å². The summed E-state index contributed by atoms with van der Waals surface area (Å²) in [5, 5.41) is 9.32. The average molecular weight is 298 g/mol. The van der Waals surface area contributed by atoms with Crippen molar-refractivity contribution >= 4 is 21.7 Å². The van der Waals surface area contributed by atoms with E-state index in [2.05, 4.69) is 0 Å². The van der Waals surface area contributed by atoms with Gasteiger partial charge < -0.3 is 10.0 Å². The van der Waals surface area contributed by atoms with E-state index in [1.165, 1.54) is 26.2 Å². The molecule has 1 heterocycles. The number of nitrogens with zero attached hydrogens (tertiary/aromatic N) is 2. The summed E-state index contributed by atoms with van der Waals surface area (Å²) in [6, 6.07) is 4.30. The zero-order valence-corrected chi connectivity index (χ0v) is 12.4. The van der Waals surface area contributed by atoms with Crippen molar-refractivity contribution in [1.82, 2.24) is 4.31 Å². The van der Waals surface area contributed by atoms with Crippen molar-refractivity contribution in [2.45, 2.75) is 17.7 Å². The van der Waals surface area contributed by atoms with Gasteiger partial charge in [0.1, 0.15) is 0 Å². The molecule has 0 radical (unpaired) electrons. The Morgan fingerprint density at radius 1 is 1.25 bits per heavy atom. The molecule has 0 aromatic heterocycles. The number of carboxylic acid groups (broad SMARTS) is 1. The van der Waals surface area contributed by atoms with Crippen molar-refractivity contribution < 1.29 is 18.3 Å². The molecule has 20 heavy (non-hydrogen) atoms. The fourth-order valence-electron chi connectivity index (χ4n) is 2.29. The van der Waals surface area contributed by atoms with Gasteiger partial charge in [-0.1, -0.05) is 0 Å². The number of rotatable bonds is 4. The van der Waals surface area contributed by atoms with Crippen molar-refractivity contribution in [3.63, 3.8) is 0 Å². The number of anilines is 1. The molecule has 0 bridgehead atoms. The number of benzene rings is 1. The molecule has 2 rings (SSSR count). The Balaban J connectivity index is 2.51. The maximum Gasteiger partial charge on any atom is 0.337 e. The van der Waals surface area contributed by atoms with Crippen molar-refractivity contribution in [3.05, 3.63) is 23.8 Å². The summed E-state index contributed by atoms with van der Waals surface area (Å²) in [5.74, 6) is -1.11. The van der Waals surface area contributed by atoms with Crippen LogP contribution in [0.15, 0.2) is 23.1 Å². The Bertz CT molecular complexity index is 619. The SMILES string of the molecule is CN(C)S(=O)(=O)c1ccc(N2CCCC2)c(C(=O)O)c1. The van der Waals surface area contributed by atoms with Gasteiger partial charge in [-0.2, -0.15) is 0 Å². The first-order chi connectivity index (χ1) is 9.34. The number of aromatic carboxylic acids is 1. The summed E-state index contributed by atoms with van der Waals surface area (Å²) in [7, 11) is -0.780. The van der Waals surface area contributed by atoms with E-state index in [9.17, 15) is 18.3 Å². The molecule has 0 amide bonds. The molecule has 1 aromatic rings. The molecule has 1 saturated heterocycles. The van der Waals surface area contributed by atoms with Gasteiger partial charge in [-0.05, 0) is 31.0 Å². The minimum Gasteiger partial charge on any atom is -0.478 e. The van der Waals surface area contributed by atoms with E-state index in [-0.39, 0.29) is 10.5 Å². The Kier molecular flexibility index (Phi) is 4.01. The average Bonchev–Trinajstić information content (AvgIpc) is 2.91. The largest absolute Gasteiger partial charge is 0.478 e. The molecule has 1 fully saturated rings. The molecule has 0 atom stereocenters. The highest BCUT2D eigenvalue weighted by Crippen LogP contribution is 2.28. The predicted octanol–water partition coefficient (Wildman–Crippen LogP) is 1.24. The van der Waals surface area contributed by atoms with Crippen LogP contribution >= 0.6 is 0 Å². The second-order valence-electron chi connectivity index (χ2n) is 4.97. The van der Waals surface area contributed by atoms with Crippen LogP contribution in [0, 0.1) is 0 Å². The van der Waals surface area contributed by atoms with Gasteiger partial charge in [0.25, 0.3) is 0 Å². The zero-order valence-electron chi connectivity index (χ0n) is 11.5. The number of hydrogen-bond donors (Lipinski definition) is 1. The van der Waals surface area contributed by atoms with E-state index in [1.54, 1.807) is 6.07 Å². The van der Waals surface area contributed by atoms with Crippen LogP contribution in [0.1, 0.15) is 23.2 Å². The fraction of sp³-hybridized carbons (Fsp3) is 0.462. The molecule has 1 N–H and O–H groups in total. The van der Waals surface area contributed by atoms with E-state index in [1.807, 2.05) is 4.90 Å². The van der Waals surface area contributed by atoms with Crippen molar-refractivity contribution in [2.75, 3.05) is 32.1 Å². The summed E-state index contributed by atoms with van der Waals surface area (Å²) in [5.41, 5.74) is 0.627. The maximum absolute atomic E-state index is 12.1. The quantitative estimate of drug-likeness (QED) is 0.904. The van der Waals surface area contributed by atoms with Crippen LogP contribution in [0.2, 0.25) is 0 Å². The monoisotopic (exact) mass is 298 g/mol. The smallest absolute Gasteiger partial charge is 0.337 e. The summed E-state index contributed by atoms with van der Waals surface area (Å²) in [6.45, 7) is 1.61. The van der Waals surface area contributed by atoms with E-state index in [0.717, 1.165) is 30.2 Å². The van der Waals surface area contributed by atoms with Crippen LogP contribution in [-0.2, 0) is 10.0 Å². The number of carboxylic acids is 1. The molecule has 1 aromatic carbocycles. The highest BCUT2D eigenvalue weighted by molar-refractivity contribution is 7.89. The minimum absolute atomic E-state index is 0.00264. The molecule has 0 aliphatic carbocycles. The van der Waals surface area contributed by atoms with Gasteiger partial charge in [0.2, 0.25) is 10.0 Å². The van der Waals surface area contributed by atoms with Crippen LogP contribution in [0.4, 0.5) is 5.69 Å². The standard InChI is InChI=1S/C13H18N2O4S/c1-14(2)20(18,19)10-5-6-12(11(9-10)13(16)17)15-7-3-4-8-15/h5-6,9H,3-4,7-8H2,1-2H3,(H,16,17). The van der Waals surface area contributed by atoms with Gasteiger partial charge in [-0.3, -0.25) is 0 Å². The number of carbonyl (C=O) groups is 1. The molecule has 7 heteroatoms. The lowest BCUT2D eigenvalue weighted by Gasteiger charge is -2.21. The Morgan fingerprint density at radius 3 is 2.35 bits per heavy atom. The molecular weight excluding hydrogens is 280 g/mol. The number of hydrogen-bond acceptors (Lipinski definition) is 4. The van der Waals surface area contributed by atoms with E-state index < -0.39 is 16.0 Å². The molecular formula is C13H18N2O4S. The molecule has 0 spiro atoms. The van der Waals surface area contributed by atoms with Crippen LogP contribution in [0.3, 0.4) is 0 Å². The lowest BCUT2D eigenvalue weighted by molar-refractivity contribution is 0.0697. The van der Waals surface area contributed by atoms with Gasteiger partial charge in [-0.15, -0.1) is 0 Å². The van der Waals surface area contributed by atoms with Gasteiger partial charge in [-0.25, -0.2) is 17.5 Å². The van der Waals surface area contributed by atoms with E-state index in [0.29, 0.717) is 5.69 Å². The molecule has 0 saturated carbocycles. The summed E-state index contributed by atoms with van der Waals surface area (Å²) in [6.07, 6.45) is 2.05. The van der Waals surface area contributed by atoms with Crippen LogP contribution in [0.25, 0.3) is 0 Å². The van der Waals surface area contributed by atoms with Crippen LogP contribution in [-0.4, -0.2) is 51.0 Å². The lowest BCUT2D eigenvalue weighted by atomic mass is 10.1. The first kappa shape index (κ1) is 14.8. The molecule has 0 unspecified atom stereocenters. The molecule has 1 aliphatic rings. The lowest BCUT2D eigenvalue weighted by Crippen LogP contribution is -2.24. The normalized spacial score (nSPS) is 15.8. The fourth-order valence-corrected chi connectivity index (χ4v) is 3.22.